The molecule has 2 amide bonds. The highest BCUT2D eigenvalue weighted by molar-refractivity contribution is 5.94. The molecular formula is C20H23N3O4. The maximum Gasteiger partial charge on any atom is 0.251 e. The van der Waals surface area contributed by atoms with Crippen molar-refractivity contribution in [1.29, 1.82) is 0 Å². The van der Waals surface area contributed by atoms with Crippen molar-refractivity contribution in [3.63, 3.8) is 0 Å². The van der Waals surface area contributed by atoms with Crippen molar-refractivity contribution < 1.29 is 19.1 Å². The first-order chi connectivity index (χ1) is 13.0. The summed E-state index contributed by atoms with van der Waals surface area (Å²) in [6.45, 7) is 4.72. The Hall–Kier alpha value is -2.93. The van der Waals surface area contributed by atoms with E-state index in [4.69, 9.17) is 4.42 Å². The molecule has 1 aliphatic heterocycles. The molecule has 3 rings (SSSR count). The summed E-state index contributed by atoms with van der Waals surface area (Å²) >= 11 is 0. The molecule has 1 aliphatic rings. The molecule has 0 saturated carbocycles. The van der Waals surface area contributed by atoms with Crippen LogP contribution in [0.4, 0.5) is 0 Å². The fourth-order valence-electron chi connectivity index (χ4n) is 3.06. The van der Waals surface area contributed by atoms with Crippen LogP contribution in [0.1, 0.15) is 34.5 Å². The minimum atomic E-state index is -1.01. The van der Waals surface area contributed by atoms with Crippen LogP contribution in [-0.4, -0.2) is 52.0 Å². The van der Waals surface area contributed by atoms with Crippen molar-refractivity contribution in [2.75, 3.05) is 19.6 Å². The van der Waals surface area contributed by atoms with Crippen LogP contribution in [-0.2, 0) is 11.2 Å². The van der Waals surface area contributed by atoms with E-state index in [-0.39, 0.29) is 24.8 Å². The number of rotatable bonds is 6. The Morgan fingerprint density at radius 2 is 2.00 bits per heavy atom. The van der Waals surface area contributed by atoms with E-state index >= 15 is 0 Å². The highest BCUT2D eigenvalue weighted by Crippen LogP contribution is 2.22. The Morgan fingerprint density at radius 1 is 1.30 bits per heavy atom. The topological polar surface area (TPSA) is 95.7 Å². The van der Waals surface area contributed by atoms with E-state index in [1.165, 1.54) is 12.7 Å². The molecule has 0 spiro atoms. The molecule has 0 atom stereocenters. The third-order valence-electron chi connectivity index (χ3n) is 4.85. The standard InChI is InChI=1S/C20H23N3O4/c1-2-15-3-5-16(6-4-15)19(25)21-13-20(26)7-9-23(10-8-20)18(24)11-17-12-27-14-22-17/h2-6,12,14,26H,1,7-11,13H2,(H,21,25). The van der Waals surface area contributed by atoms with Gasteiger partial charge in [0, 0.05) is 25.2 Å². The predicted octanol–water partition coefficient (Wildman–Crippen LogP) is 1.64. The van der Waals surface area contributed by atoms with E-state index in [0.717, 1.165) is 5.56 Å². The number of likely N-dealkylation sites (tertiary alicyclic amines) is 1. The van der Waals surface area contributed by atoms with Gasteiger partial charge in [0.1, 0.15) is 6.26 Å². The summed E-state index contributed by atoms with van der Waals surface area (Å²) in [6.07, 6.45) is 5.47. The van der Waals surface area contributed by atoms with Gasteiger partial charge in [-0.05, 0) is 30.5 Å². The molecule has 2 N–H and O–H groups in total. The maximum absolute atomic E-state index is 12.3. The molecule has 142 valence electrons. The van der Waals surface area contributed by atoms with Gasteiger partial charge in [-0.25, -0.2) is 4.98 Å². The van der Waals surface area contributed by atoms with Gasteiger partial charge < -0.3 is 19.7 Å². The van der Waals surface area contributed by atoms with Crippen LogP contribution in [0.3, 0.4) is 0 Å². The fraction of sp³-hybridized carbons (Fsp3) is 0.350. The van der Waals surface area contributed by atoms with E-state index in [2.05, 4.69) is 16.9 Å². The summed E-state index contributed by atoms with van der Waals surface area (Å²) in [5.41, 5.74) is 1.05. The van der Waals surface area contributed by atoms with Crippen LogP contribution >= 0.6 is 0 Å². The Kier molecular flexibility index (Phi) is 5.71. The minimum absolute atomic E-state index is 0.0442. The number of hydrogen-bond donors (Lipinski definition) is 2. The van der Waals surface area contributed by atoms with Crippen LogP contribution < -0.4 is 5.32 Å². The Morgan fingerprint density at radius 3 is 2.59 bits per heavy atom. The summed E-state index contributed by atoms with van der Waals surface area (Å²) in [7, 11) is 0. The number of benzene rings is 1. The second-order valence-electron chi connectivity index (χ2n) is 6.77. The fourth-order valence-corrected chi connectivity index (χ4v) is 3.06. The van der Waals surface area contributed by atoms with E-state index < -0.39 is 5.60 Å². The number of nitrogens with one attached hydrogen (secondary N) is 1. The summed E-state index contributed by atoms with van der Waals surface area (Å²) in [4.78, 5) is 30.2. The molecule has 0 bridgehead atoms. The van der Waals surface area contributed by atoms with E-state index in [9.17, 15) is 14.7 Å². The normalized spacial score (nSPS) is 16.0. The average Bonchev–Trinajstić information content (AvgIpc) is 3.20. The Bertz CT molecular complexity index is 791. The molecule has 2 heterocycles. The first-order valence-electron chi connectivity index (χ1n) is 8.87. The monoisotopic (exact) mass is 369 g/mol. The van der Waals surface area contributed by atoms with E-state index in [0.29, 0.717) is 37.2 Å². The number of oxazole rings is 1. The quantitative estimate of drug-likeness (QED) is 0.807. The zero-order chi connectivity index (χ0) is 19.3. The largest absolute Gasteiger partial charge is 0.451 e. The molecule has 1 aromatic carbocycles. The Labute approximate surface area is 157 Å². The van der Waals surface area contributed by atoms with Gasteiger partial charge >= 0.3 is 0 Å². The smallest absolute Gasteiger partial charge is 0.251 e. The zero-order valence-electron chi connectivity index (χ0n) is 15.1. The van der Waals surface area contributed by atoms with Crippen molar-refractivity contribution in [2.24, 2.45) is 0 Å². The van der Waals surface area contributed by atoms with E-state index in [1.807, 2.05) is 12.1 Å². The van der Waals surface area contributed by atoms with E-state index in [1.54, 1.807) is 23.1 Å². The van der Waals surface area contributed by atoms with Crippen molar-refractivity contribution in [2.45, 2.75) is 24.9 Å². The molecule has 27 heavy (non-hydrogen) atoms. The number of carbonyl (C=O) groups is 2. The number of hydrogen-bond acceptors (Lipinski definition) is 5. The van der Waals surface area contributed by atoms with Crippen LogP contribution in [0.25, 0.3) is 6.08 Å². The number of amides is 2. The molecule has 1 aromatic heterocycles. The third-order valence-corrected chi connectivity index (χ3v) is 4.85. The molecule has 7 heteroatoms. The number of carbonyl (C=O) groups excluding carboxylic acids is 2. The van der Waals surface area contributed by atoms with Crippen molar-refractivity contribution in [3.8, 4) is 0 Å². The van der Waals surface area contributed by atoms with Gasteiger partial charge in [0.25, 0.3) is 5.91 Å². The van der Waals surface area contributed by atoms with Gasteiger partial charge in [0.2, 0.25) is 5.91 Å². The number of piperidine rings is 1. The highest BCUT2D eigenvalue weighted by Gasteiger charge is 2.34. The Balaban J connectivity index is 1.47. The highest BCUT2D eigenvalue weighted by atomic mass is 16.3. The maximum atomic E-state index is 12.3. The molecular weight excluding hydrogens is 346 g/mol. The van der Waals surface area contributed by atoms with Gasteiger partial charge in [0.15, 0.2) is 6.39 Å². The molecule has 1 fully saturated rings. The molecule has 0 aliphatic carbocycles. The lowest BCUT2D eigenvalue weighted by Gasteiger charge is -2.38. The van der Waals surface area contributed by atoms with Crippen molar-refractivity contribution in [1.82, 2.24) is 15.2 Å². The molecule has 7 nitrogen and oxygen atoms in total. The van der Waals surface area contributed by atoms with Gasteiger partial charge in [-0.15, -0.1) is 0 Å². The second-order valence-corrected chi connectivity index (χ2v) is 6.77. The summed E-state index contributed by atoms with van der Waals surface area (Å²) < 4.78 is 4.87. The van der Waals surface area contributed by atoms with Crippen LogP contribution in [0.5, 0.6) is 0 Å². The first-order valence-corrected chi connectivity index (χ1v) is 8.87. The zero-order valence-corrected chi connectivity index (χ0v) is 15.1. The first kappa shape index (κ1) is 18.8. The minimum Gasteiger partial charge on any atom is -0.451 e. The number of aliphatic hydroxyl groups is 1. The van der Waals surface area contributed by atoms with Gasteiger partial charge in [-0.1, -0.05) is 24.8 Å². The number of aromatic nitrogens is 1. The van der Waals surface area contributed by atoms with Crippen LogP contribution in [0, 0.1) is 0 Å². The molecule has 1 saturated heterocycles. The second kappa shape index (κ2) is 8.18. The predicted molar refractivity (Wildman–Crippen MR) is 99.8 cm³/mol. The summed E-state index contributed by atoms with van der Waals surface area (Å²) in [5, 5.41) is 13.5. The molecule has 2 aromatic rings. The van der Waals surface area contributed by atoms with Crippen LogP contribution in [0.2, 0.25) is 0 Å². The molecule has 0 radical (unpaired) electrons. The molecule has 0 unspecified atom stereocenters. The van der Waals surface area contributed by atoms with Gasteiger partial charge in [-0.3, -0.25) is 9.59 Å². The SMILES string of the molecule is C=Cc1ccc(C(=O)NCC2(O)CCN(C(=O)Cc3cocn3)CC2)cc1. The third kappa shape index (κ3) is 4.83. The summed E-state index contributed by atoms with van der Waals surface area (Å²) in [5.74, 6) is -0.277. The lowest BCUT2D eigenvalue weighted by molar-refractivity contribution is -0.134. The number of nitrogens with zero attached hydrogens (tertiary/aromatic N) is 2. The lowest BCUT2D eigenvalue weighted by atomic mass is 9.91. The van der Waals surface area contributed by atoms with Crippen LogP contribution in [0.15, 0.2) is 47.9 Å². The lowest BCUT2D eigenvalue weighted by Crippen LogP contribution is -2.52. The summed E-state index contributed by atoms with van der Waals surface area (Å²) in [6, 6.07) is 7.08. The van der Waals surface area contributed by atoms with Crippen molar-refractivity contribution >= 4 is 17.9 Å². The van der Waals surface area contributed by atoms with Gasteiger partial charge in [0.05, 0.1) is 17.7 Å². The van der Waals surface area contributed by atoms with Gasteiger partial charge in [-0.2, -0.15) is 0 Å². The van der Waals surface area contributed by atoms with Crippen molar-refractivity contribution in [3.05, 3.63) is 60.3 Å². The average molecular weight is 369 g/mol.